The van der Waals surface area contributed by atoms with E-state index in [-0.39, 0.29) is 0 Å². The van der Waals surface area contributed by atoms with Crippen molar-refractivity contribution >= 4 is 17.3 Å². The molecule has 1 aromatic heterocycles. The first-order valence-corrected chi connectivity index (χ1v) is 10.8. The molecule has 0 bridgehead atoms. The number of guanidine groups is 1. The molecule has 1 atom stereocenters. The Bertz CT molecular complexity index is 752. The van der Waals surface area contributed by atoms with E-state index in [0.717, 1.165) is 55.0 Å². The molecule has 28 heavy (non-hydrogen) atoms. The largest absolute Gasteiger partial charge is 0.497 e. The van der Waals surface area contributed by atoms with E-state index in [4.69, 9.17) is 4.74 Å². The van der Waals surface area contributed by atoms with E-state index in [1.807, 2.05) is 26.1 Å². The number of nitrogens with one attached hydrogen (secondary N) is 2. The zero-order valence-corrected chi connectivity index (χ0v) is 17.9. The summed E-state index contributed by atoms with van der Waals surface area (Å²) in [5.41, 5.74) is 2.45. The number of hydrogen-bond acceptors (Lipinski definition) is 5. The van der Waals surface area contributed by atoms with Crippen molar-refractivity contribution in [1.82, 2.24) is 20.5 Å². The highest BCUT2D eigenvalue weighted by molar-refractivity contribution is 7.09. The van der Waals surface area contributed by atoms with Crippen LogP contribution in [-0.4, -0.2) is 56.2 Å². The summed E-state index contributed by atoms with van der Waals surface area (Å²) in [6.07, 6.45) is 3.44. The third kappa shape index (κ3) is 5.69. The Hall–Kier alpha value is -2.12. The summed E-state index contributed by atoms with van der Waals surface area (Å²) in [6, 6.07) is 8.75. The van der Waals surface area contributed by atoms with Gasteiger partial charge in [-0.2, -0.15) is 0 Å². The predicted octanol–water partition coefficient (Wildman–Crippen LogP) is 3.00. The standard InChI is InChI=1S/C21H31N5OS/c1-16-25-18(15-28-16)10-11-23-21(22-2)24-14-20(26-12-4-5-13-26)17-6-8-19(27-3)9-7-17/h6-9,15,20H,4-5,10-14H2,1-3H3,(H2,22,23,24). The van der Waals surface area contributed by atoms with Gasteiger partial charge in [0.25, 0.3) is 0 Å². The van der Waals surface area contributed by atoms with Crippen LogP contribution in [-0.2, 0) is 6.42 Å². The Labute approximate surface area is 172 Å². The molecular weight excluding hydrogens is 370 g/mol. The zero-order chi connectivity index (χ0) is 19.8. The van der Waals surface area contributed by atoms with Crippen molar-refractivity contribution in [2.75, 3.05) is 40.3 Å². The number of aliphatic imine (C=N–C) groups is 1. The second-order valence-corrected chi connectivity index (χ2v) is 8.08. The average Bonchev–Trinajstić information content (AvgIpc) is 3.39. The molecule has 7 heteroatoms. The van der Waals surface area contributed by atoms with Crippen LogP contribution in [0, 0.1) is 6.92 Å². The van der Waals surface area contributed by atoms with E-state index in [1.54, 1.807) is 18.4 Å². The van der Waals surface area contributed by atoms with Gasteiger partial charge in [0.05, 0.1) is 23.9 Å². The van der Waals surface area contributed by atoms with Crippen LogP contribution >= 0.6 is 11.3 Å². The van der Waals surface area contributed by atoms with Crippen molar-refractivity contribution in [3.05, 3.63) is 45.9 Å². The Morgan fingerprint density at radius 2 is 2.00 bits per heavy atom. The van der Waals surface area contributed by atoms with Crippen molar-refractivity contribution in [1.29, 1.82) is 0 Å². The van der Waals surface area contributed by atoms with Crippen molar-refractivity contribution in [3.63, 3.8) is 0 Å². The molecule has 2 aromatic rings. The van der Waals surface area contributed by atoms with Crippen LogP contribution in [0.2, 0.25) is 0 Å². The first kappa shape index (κ1) is 20.6. The highest BCUT2D eigenvalue weighted by Gasteiger charge is 2.23. The lowest BCUT2D eigenvalue weighted by Gasteiger charge is -2.29. The normalized spacial score (nSPS) is 16.2. The monoisotopic (exact) mass is 401 g/mol. The van der Waals surface area contributed by atoms with E-state index >= 15 is 0 Å². The van der Waals surface area contributed by atoms with Gasteiger partial charge < -0.3 is 15.4 Å². The van der Waals surface area contributed by atoms with Gasteiger partial charge in [0.1, 0.15) is 5.75 Å². The number of benzene rings is 1. The van der Waals surface area contributed by atoms with Crippen LogP contribution in [0.5, 0.6) is 5.75 Å². The Kier molecular flexibility index (Phi) is 7.68. The molecule has 1 fully saturated rings. The number of hydrogen-bond donors (Lipinski definition) is 2. The Morgan fingerprint density at radius 1 is 1.25 bits per heavy atom. The third-order valence-corrected chi connectivity index (χ3v) is 5.93. The number of ether oxygens (including phenoxy) is 1. The minimum absolute atomic E-state index is 0.327. The molecule has 0 spiro atoms. The van der Waals surface area contributed by atoms with Gasteiger partial charge in [-0.05, 0) is 50.6 Å². The van der Waals surface area contributed by atoms with Crippen LogP contribution in [0.1, 0.15) is 35.1 Å². The lowest BCUT2D eigenvalue weighted by Crippen LogP contribution is -2.43. The van der Waals surface area contributed by atoms with Gasteiger partial charge >= 0.3 is 0 Å². The smallest absolute Gasteiger partial charge is 0.191 e. The van der Waals surface area contributed by atoms with Crippen LogP contribution in [0.4, 0.5) is 0 Å². The zero-order valence-electron chi connectivity index (χ0n) is 17.1. The number of nitrogens with zero attached hydrogens (tertiary/aromatic N) is 3. The summed E-state index contributed by atoms with van der Waals surface area (Å²) in [7, 11) is 3.53. The fraction of sp³-hybridized carbons (Fsp3) is 0.524. The van der Waals surface area contributed by atoms with Gasteiger partial charge in [-0.25, -0.2) is 4.98 Å². The van der Waals surface area contributed by atoms with Crippen molar-refractivity contribution in [2.45, 2.75) is 32.2 Å². The SMILES string of the molecule is CN=C(NCCc1csc(C)n1)NCC(c1ccc(OC)cc1)N1CCCC1. The van der Waals surface area contributed by atoms with E-state index in [0.29, 0.717) is 6.04 Å². The molecule has 3 rings (SSSR count). The maximum absolute atomic E-state index is 5.31. The molecule has 0 amide bonds. The lowest BCUT2D eigenvalue weighted by molar-refractivity contribution is 0.245. The van der Waals surface area contributed by atoms with Crippen LogP contribution in [0.25, 0.3) is 0 Å². The molecule has 0 aliphatic carbocycles. The van der Waals surface area contributed by atoms with E-state index in [2.05, 4.69) is 43.0 Å². The first-order valence-electron chi connectivity index (χ1n) is 9.93. The lowest BCUT2D eigenvalue weighted by atomic mass is 10.1. The van der Waals surface area contributed by atoms with Crippen molar-refractivity contribution < 1.29 is 4.74 Å². The highest BCUT2D eigenvalue weighted by Crippen LogP contribution is 2.26. The van der Waals surface area contributed by atoms with Crippen LogP contribution in [0.15, 0.2) is 34.6 Å². The van der Waals surface area contributed by atoms with Gasteiger partial charge in [0.15, 0.2) is 5.96 Å². The molecular formula is C21H31N5OS. The minimum Gasteiger partial charge on any atom is -0.497 e. The van der Waals surface area contributed by atoms with Crippen LogP contribution in [0.3, 0.4) is 0 Å². The van der Waals surface area contributed by atoms with Crippen molar-refractivity contribution in [3.8, 4) is 5.75 Å². The second kappa shape index (κ2) is 10.4. The Morgan fingerprint density at radius 3 is 2.61 bits per heavy atom. The summed E-state index contributed by atoms with van der Waals surface area (Å²) < 4.78 is 5.31. The maximum Gasteiger partial charge on any atom is 0.191 e. The molecule has 1 unspecified atom stereocenters. The highest BCUT2D eigenvalue weighted by atomic mass is 32.1. The van der Waals surface area contributed by atoms with E-state index < -0.39 is 0 Å². The first-order chi connectivity index (χ1) is 13.7. The number of thiazole rings is 1. The van der Waals surface area contributed by atoms with Gasteiger partial charge in [-0.1, -0.05) is 12.1 Å². The number of methoxy groups -OCH3 is 1. The van der Waals surface area contributed by atoms with Gasteiger partial charge in [-0.15, -0.1) is 11.3 Å². The molecule has 1 aromatic carbocycles. The molecule has 152 valence electrons. The number of aryl methyl sites for hydroxylation is 1. The topological polar surface area (TPSA) is 61.8 Å². The average molecular weight is 402 g/mol. The molecule has 1 aliphatic rings. The quantitative estimate of drug-likeness (QED) is 0.526. The molecule has 1 saturated heterocycles. The van der Waals surface area contributed by atoms with Gasteiger partial charge in [0.2, 0.25) is 0 Å². The molecule has 6 nitrogen and oxygen atoms in total. The molecule has 0 saturated carbocycles. The van der Waals surface area contributed by atoms with Crippen molar-refractivity contribution in [2.24, 2.45) is 4.99 Å². The summed E-state index contributed by atoms with van der Waals surface area (Å²) in [6.45, 7) is 5.97. The molecule has 2 heterocycles. The summed E-state index contributed by atoms with van der Waals surface area (Å²) in [4.78, 5) is 11.5. The second-order valence-electron chi connectivity index (χ2n) is 7.02. The minimum atomic E-state index is 0.327. The van der Waals surface area contributed by atoms with Gasteiger partial charge in [0, 0.05) is 31.9 Å². The molecule has 2 N–H and O–H groups in total. The summed E-state index contributed by atoms with van der Waals surface area (Å²) in [5, 5.41) is 10.2. The molecule has 0 radical (unpaired) electrons. The predicted molar refractivity (Wildman–Crippen MR) is 116 cm³/mol. The third-order valence-electron chi connectivity index (χ3n) is 5.11. The number of aromatic nitrogens is 1. The number of rotatable bonds is 8. The Balaban J connectivity index is 1.56. The number of likely N-dealkylation sites (tertiary alicyclic amines) is 1. The van der Waals surface area contributed by atoms with Crippen LogP contribution < -0.4 is 15.4 Å². The summed E-state index contributed by atoms with van der Waals surface area (Å²) in [5.74, 6) is 1.73. The van der Waals surface area contributed by atoms with E-state index in [1.165, 1.54) is 18.4 Å². The van der Waals surface area contributed by atoms with Gasteiger partial charge in [-0.3, -0.25) is 9.89 Å². The molecule has 1 aliphatic heterocycles. The van der Waals surface area contributed by atoms with E-state index in [9.17, 15) is 0 Å². The fourth-order valence-electron chi connectivity index (χ4n) is 3.58. The summed E-state index contributed by atoms with van der Waals surface area (Å²) >= 11 is 1.70. The fourth-order valence-corrected chi connectivity index (χ4v) is 4.23. The maximum atomic E-state index is 5.31.